The summed E-state index contributed by atoms with van der Waals surface area (Å²) in [7, 11) is 3.70. The molecule has 1 aromatic carbocycles. The molecule has 4 rings (SSSR count). The lowest BCUT2D eigenvalue weighted by Crippen LogP contribution is -2.26. The Kier molecular flexibility index (Phi) is 5.21. The normalized spacial score (nSPS) is 14.0. The highest BCUT2D eigenvalue weighted by Gasteiger charge is 2.31. The van der Waals surface area contributed by atoms with Crippen molar-refractivity contribution in [2.24, 2.45) is 7.05 Å². The van der Waals surface area contributed by atoms with Gasteiger partial charge in [0.15, 0.2) is 0 Å². The Balaban J connectivity index is 1.57. The van der Waals surface area contributed by atoms with Crippen LogP contribution in [0.5, 0.6) is 5.75 Å². The van der Waals surface area contributed by atoms with Crippen molar-refractivity contribution >= 4 is 0 Å². The Morgan fingerprint density at radius 1 is 1.17 bits per heavy atom. The van der Waals surface area contributed by atoms with Crippen LogP contribution in [-0.2, 0) is 20.1 Å². The quantitative estimate of drug-likeness (QED) is 0.591. The topological polar surface area (TPSA) is 56.3 Å². The predicted molar refractivity (Wildman–Crippen MR) is 113 cm³/mol. The Hall–Kier alpha value is -2.60. The summed E-state index contributed by atoms with van der Waals surface area (Å²) < 4.78 is 13.4. The number of oxazole rings is 1. The maximum Gasteiger partial charge on any atom is 0.226 e. The molecule has 1 saturated carbocycles. The van der Waals surface area contributed by atoms with Gasteiger partial charge in [0.2, 0.25) is 5.89 Å². The summed E-state index contributed by atoms with van der Waals surface area (Å²) in [6.45, 7) is 9.98. The third-order valence-corrected chi connectivity index (χ3v) is 5.97. The highest BCUT2D eigenvalue weighted by molar-refractivity contribution is 5.57. The highest BCUT2D eigenvalue weighted by atomic mass is 16.5. The number of rotatable bonds is 7. The molecule has 1 aliphatic rings. The van der Waals surface area contributed by atoms with Crippen LogP contribution in [-0.4, -0.2) is 32.8 Å². The molecule has 0 N–H and O–H groups in total. The van der Waals surface area contributed by atoms with Crippen molar-refractivity contribution < 1.29 is 9.15 Å². The smallest absolute Gasteiger partial charge is 0.226 e. The van der Waals surface area contributed by atoms with Gasteiger partial charge in [0.05, 0.1) is 18.5 Å². The molecule has 6 nitrogen and oxygen atoms in total. The molecule has 6 heteroatoms. The molecule has 1 fully saturated rings. The molecule has 0 radical (unpaired) electrons. The van der Waals surface area contributed by atoms with Crippen LogP contribution < -0.4 is 4.74 Å². The first-order valence-electron chi connectivity index (χ1n) is 10.2. The van der Waals surface area contributed by atoms with E-state index in [1.54, 1.807) is 7.11 Å². The number of ether oxygens (including phenoxy) is 1. The molecule has 1 aliphatic carbocycles. The van der Waals surface area contributed by atoms with Crippen molar-refractivity contribution in [1.29, 1.82) is 0 Å². The maximum absolute atomic E-state index is 6.04. The molecule has 0 unspecified atom stereocenters. The predicted octanol–water partition coefficient (Wildman–Crippen LogP) is 4.48. The van der Waals surface area contributed by atoms with Gasteiger partial charge in [-0.05, 0) is 64.3 Å². The number of hydrogen-bond donors (Lipinski definition) is 0. The third kappa shape index (κ3) is 3.94. The molecule has 0 amide bonds. The lowest BCUT2D eigenvalue weighted by Gasteiger charge is -2.21. The molecular weight excluding hydrogens is 364 g/mol. The van der Waals surface area contributed by atoms with Gasteiger partial charge in [-0.1, -0.05) is 0 Å². The van der Waals surface area contributed by atoms with E-state index < -0.39 is 0 Å². The second-order valence-corrected chi connectivity index (χ2v) is 8.12. The van der Waals surface area contributed by atoms with Crippen LogP contribution in [0, 0.1) is 27.7 Å². The van der Waals surface area contributed by atoms with E-state index >= 15 is 0 Å². The molecule has 154 valence electrons. The minimum Gasteiger partial charge on any atom is -0.496 e. The number of methoxy groups -OCH3 is 1. The Morgan fingerprint density at radius 3 is 2.52 bits per heavy atom. The fourth-order valence-electron chi connectivity index (χ4n) is 3.91. The molecule has 0 spiro atoms. The Morgan fingerprint density at radius 2 is 1.93 bits per heavy atom. The standard InChI is InChI=1S/C23H30N4O2/c1-14-11-18(7-10-22(14)28-6)23-24-21(17(4)29-23)13-27(19-8-9-19)12-20-15(2)25-26(5)16(20)3/h7,10-11,19H,8-9,12-13H2,1-6H3. The van der Waals surface area contributed by atoms with Crippen LogP contribution in [0.3, 0.4) is 0 Å². The third-order valence-electron chi connectivity index (χ3n) is 5.97. The van der Waals surface area contributed by atoms with Gasteiger partial charge in [0.25, 0.3) is 0 Å². The summed E-state index contributed by atoms with van der Waals surface area (Å²) in [5, 5.41) is 4.58. The van der Waals surface area contributed by atoms with Gasteiger partial charge in [0.1, 0.15) is 11.5 Å². The molecule has 29 heavy (non-hydrogen) atoms. The zero-order valence-electron chi connectivity index (χ0n) is 18.2. The first-order chi connectivity index (χ1) is 13.9. The van der Waals surface area contributed by atoms with E-state index in [1.165, 1.54) is 24.1 Å². The Labute approximate surface area is 172 Å². The molecule has 0 atom stereocenters. The number of nitrogens with zero attached hydrogens (tertiary/aromatic N) is 4. The zero-order chi connectivity index (χ0) is 20.7. The van der Waals surface area contributed by atoms with E-state index in [-0.39, 0.29) is 0 Å². The zero-order valence-corrected chi connectivity index (χ0v) is 18.2. The average molecular weight is 395 g/mol. The van der Waals surface area contributed by atoms with Crippen molar-refractivity contribution in [1.82, 2.24) is 19.7 Å². The minimum absolute atomic E-state index is 0.622. The van der Waals surface area contributed by atoms with Crippen LogP contribution in [0.25, 0.3) is 11.5 Å². The first-order valence-corrected chi connectivity index (χ1v) is 10.2. The molecule has 2 heterocycles. The van der Waals surface area contributed by atoms with E-state index in [1.807, 2.05) is 37.7 Å². The van der Waals surface area contributed by atoms with Crippen LogP contribution in [0.4, 0.5) is 0 Å². The van der Waals surface area contributed by atoms with Crippen molar-refractivity contribution in [2.75, 3.05) is 7.11 Å². The fraction of sp³-hybridized carbons (Fsp3) is 0.478. The summed E-state index contributed by atoms with van der Waals surface area (Å²) in [5.74, 6) is 2.44. The van der Waals surface area contributed by atoms with Crippen molar-refractivity contribution in [3.8, 4) is 17.2 Å². The van der Waals surface area contributed by atoms with Crippen LogP contribution in [0.1, 0.15) is 46.8 Å². The van der Waals surface area contributed by atoms with E-state index in [4.69, 9.17) is 14.1 Å². The van der Waals surface area contributed by atoms with Crippen molar-refractivity contribution in [3.63, 3.8) is 0 Å². The van der Waals surface area contributed by atoms with E-state index in [0.29, 0.717) is 11.9 Å². The molecular formula is C23H30N4O2. The van der Waals surface area contributed by atoms with E-state index in [9.17, 15) is 0 Å². The second kappa shape index (κ2) is 7.67. The number of aryl methyl sites for hydroxylation is 4. The van der Waals surface area contributed by atoms with Crippen molar-refractivity contribution in [2.45, 2.75) is 59.7 Å². The summed E-state index contributed by atoms with van der Waals surface area (Å²) >= 11 is 0. The van der Waals surface area contributed by atoms with Gasteiger partial charge in [-0.15, -0.1) is 0 Å². The van der Waals surface area contributed by atoms with Crippen molar-refractivity contribution in [3.05, 3.63) is 52.2 Å². The molecule has 3 aromatic rings. The molecule has 2 aromatic heterocycles. The molecule has 0 bridgehead atoms. The van der Waals surface area contributed by atoms with E-state index in [0.717, 1.165) is 47.1 Å². The number of aromatic nitrogens is 3. The lowest BCUT2D eigenvalue weighted by molar-refractivity contribution is 0.241. The first kappa shape index (κ1) is 19.7. The second-order valence-electron chi connectivity index (χ2n) is 8.12. The molecule has 0 aliphatic heterocycles. The van der Waals surface area contributed by atoms with Gasteiger partial charge >= 0.3 is 0 Å². The highest BCUT2D eigenvalue weighted by Crippen LogP contribution is 2.33. The largest absolute Gasteiger partial charge is 0.496 e. The number of hydrogen-bond acceptors (Lipinski definition) is 5. The van der Waals surface area contributed by atoms with Gasteiger partial charge in [0, 0.05) is 43.0 Å². The SMILES string of the molecule is COc1ccc(-c2nc(CN(Cc3c(C)nn(C)c3C)C3CC3)c(C)o2)cc1C. The summed E-state index contributed by atoms with van der Waals surface area (Å²) in [4.78, 5) is 7.37. The summed E-state index contributed by atoms with van der Waals surface area (Å²) in [5.41, 5.74) is 6.74. The van der Waals surface area contributed by atoms with Crippen LogP contribution >= 0.6 is 0 Å². The summed E-state index contributed by atoms with van der Waals surface area (Å²) in [6.07, 6.45) is 2.50. The maximum atomic E-state index is 6.04. The lowest BCUT2D eigenvalue weighted by atomic mass is 10.1. The fourth-order valence-corrected chi connectivity index (χ4v) is 3.91. The van der Waals surface area contributed by atoms with Gasteiger partial charge in [-0.25, -0.2) is 4.98 Å². The average Bonchev–Trinajstić information content (AvgIpc) is 3.43. The van der Waals surface area contributed by atoms with E-state index in [2.05, 4.69) is 29.9 Å². The number of benzene rings is 1. The van der Waals surface area contributed by atoms with Gasteiger partial charge < -0.3 is 9.15 Å². The van der Waals surface area contributed by atoms with Gasteiger partial charge in [-0.3, -0.25) is 9.58 Å². The Bertz CT molecular complexity index is 1030. The monoisotopic (exact) mass is 394 g/mol. The van der Waals surface area contributed by atoms with Crippen LogP contribution in [0.15, 0.2) is 22.6 Å². The van der Waals surface area contributed by atoms with Crippen LogP contribution in [0.2, 0.25) is 0 Å². The van der Waals surface area contributed by atoms with Gasteiger partial charge in [-0.2, -0.15) is 5.10 Å². The minimum atomic E-state index is 0.622. The summed E-state index contributed by atoms with van der Waals surface area (Å²) in [6, 6.07) is 6.65. The molecule has 0 saturated heterocycles.